The van der Waals surface area contributed by atoms with Gasteiger partial charge in [-0.05, 0) is 24.0 Å². The Morgan fingerprint density at radius 3 is 2.53 bits per heavy atom. The number of rotatable bonds is 7. The van der Waals surface area contributed by atoms with Crippen LogP contribution in [0.4, 0.5) is 0 Å². The van der Waals surface area contributed by atoms with Gasteiger partial charge in [-0.3, -0.25) is 4.79 Å². The molecule has 0 aromatic heterocycles. The molecule has 19 heavy (non-hydrogen) atoms. The number of aliphatic hydroxyl groups excluding tert-OH is 1. The summed E-state index contributed by atoms with van der Waals surface area (Å²) in [5.74, 6) is -0.305. The smallest absolute Gasteiger partial charge is 0.305 e. The lowest BCUT2D eigenvalue weighted by Crippen LogP contribution is -2.29. The number of esters is 1. The van der Waals surface area contributed by atoms with Gasteiger partial charge in [0.1, 0.15) is 0 Å². The number of carbonyl (C=O) groups is 1. The van der Waals surface area contributed by atoms with Crippen molar-refractivity contribution in [3.8, 4) is 0 Å². The first-order valence-corrected chi connectivity index (χ1v) is 6.67. The highest BCUT2D eigenvalue weighted by molar-refractivity contribution is 5.69. The van der Waals surface area contributed by atoms with Gasteiger partial charge in [0.25, 0.3) is 0 Å². The maximum absolute atomic E-state index is 11.0. The Hall–Kier alpha value is -1.39. The normalized spacial score (nSPS) is 13.9. The number of methoxy groups -OCH3 is 1. The molecule has 0 aliphatic heterocycles. The van der Waals surface area contributed by atoms with Crippen molar-refractivity contribution in [1.29, 1.82) is 0 Å². The lowest BCUT2D eigenvalue weighted by Gasteiger charge is -2.19. The standard InChI is InChI=1S/C15H23NO3/c1-3-4-11-5-7-12(8-6-11)15(18)13(16)9-10-14(17)19-2/h5-8,13,15,18H,3-4,9-10,16H2,1-2H3. The lowest BCUT2D eigenvalue weighted by atomic mass is 9.97. The highest BCUT2D eigenvalue weighted by Gasteiger charge is 2.18. The van der Waals surface area contributed by atoms with Crippen LogP contribution in [0.5, 0.6) is 0 Å². The second-order valence-electron chi connectivity index (χ2n) is 4.72. The molecule has 0 bridgehead atoms. The fourth-order valence-electron chi connectivity index (χ4n) is 1.96. The molecule has 3 N–H and O–H groups in total. The Bertz CT molecular complexity index is 389. The molecule has 0 fully saturated rings. The quantitative estimate of drug-likeness (QED) is 0.739. The summed E-state index contributed by atoms with van der Waals surface area (Å²) in [7, 11) is 1.34. The van der Waals surface area contributed by atoms with Gasteiger partial charge in [0.2, 0.25) is 0 Å². The SMILES string of the molecule is CCCc1ccc(C(O)C(N)CCC(=O)OC)cc1. The van der Waals surface area contributed by atoms with E-state index in [-0.39, 0.29) is 12.4 Å². The monoisotopic (exact) mass is 265 g/mol. The molecular weight excluding hydrogens is 242 g/mol. The average molecular weight is 265 g/mol. The van der Waals surface area contributed by atoms with E-state index in [4.69, 9.17) is 5.73 Å². The van der Waals surface area contributed by atoms with Gasteiger partial charge in [0.15, 0.2) is 0 Å². The third-order valence-corrected chi connectivity index (χ3v) is 3.17. The molecule has 4 heteroatoms. The molecule has 0 saturated heterocycles. The van der Waals surface area contributed by atoms with Gasteiger partial charge < -0.3 is 15.6 Å². The van der Waals surface area contributed by atoms with E-state index in [1.165, 1.54) is 12.7 Å². The molecule has 0 radical (unpaired) electrons. The van der Waals surface area contributed by atoms with E-state index in [2.05, 4.69) is 11.7 Å². The molecule has 1 rings (SSSR count). The highest BCUT2D eigenvalue weighted by atomic mass is 16.5. The van der Waals surface area contributed by atoms with Crippen LogP contribution >= 0.6 is 0 Å². The van der Waals surface area contributed by atoms with E-state index in [9.17, 15) is 9.90 Å². The van der Waals surface area contributed by atoms with E-state index in [1.54, 1.807) is 0 Å². The Morgan fingerprint density at radius 2 is 2.00 bits per heavy atom. The topological polar surface area (TPSA) is 72.5 Å². The van der Waals surface area contributed by atoms with E-state index in [0.717, 1.165) is 18.4 Å². The summed E-state index contributed by atoms with van der Waals surface area (Å²) in [5.41, 5.74) is 7.93. The fourth-order valence-corrected chi connectivity index (χ4v) is 1.96. The fraction of sp³-hybridized carbons (Fsp3) is 0.533. The Balaban J connectivity index is 2.55. The first-order chi connectivity index (χ1) is 9.08. The van der Waals surface area contributed by atoms with Gasteiger partial charge in [-0.25, -0.2) is 0 Å². The van der Waals surface area contributed by atoms with Crippen molar-refractivity contribution in [3.63, 3.8) is 0 Å². The zero-order valence-corrected chi connectivity index (χ0v) is 11.6. The summed E-state index contributed by atoms with van der Waals surface area (Å²) in [6, 6.07) is 7.35. The zero-order valence-electron chi connectivity index (χ0n) is 11.6. The summed E-state index contributed by atoms with van der Waals surface area (Å²) in [6.07, 6.45) is 2.01. The van der Waals surface area contributed by atoms with E-state index in [0.29, 0.717) is 6.42 Å². The van der Waals surface area contributed by atoms with E-state index in [1.807, 2.05) is 24.3 Å². The van der Waals surface area contributed by atoms with E-state index >= 15 is 0 Å². The maximum atomic E-state index is 11.0. The zero-order chi connectivity index (χ0) is 14.3. The number of nitrogens with two attached hydrogens (primary N) is 1. The molecule has 1 aromatic rings. The van der Waals surface area contributed by atoms with Crippen LogP contribution in [0.2, 0.25) is 0 Å². The summed E-state index contributed by atoms with van der Waals surface area (Å²) in [5, 5.41) is 10.1. The van der Waals surface area contributed by atoms with Crippen molar-refractivity contribution in [2.75, 3.05) is 7.11 Å². The average Bonchev–Trinajstić information content (AvgIpc) is 2.44. The predicted octanol–water partition coefficient (Wildman–Crippen LogP) is 1.95. The van der Waals surface area contributed by atoms with Crippen molar-refractivity contribution in [3.05, 3.63) is 35.4 Å². The maximum Gasteiger partial charge on any atom is 0.305 e. The van der Waals surface area contributed by atoms with Crippen molar-refractivity contribution >= 4 is 5.97 Å². The third kappa shape index (κ3) is 5.01. The number of benzene rings is 1. The molecule has 0 saturated carbocycles. The summed E-state index contributed by atoms with van der Waals surface area (Å²) >= 11 is 0. The second kappa shape index (κ2) is 7.92. The summed E-state index contributed by atoms with van der Waals surface area (Å²) in [4.78, 5) is 11.0. The van der Waals surface area contributed by atoms with Crippen LogP contribution in [0.1, 0.15) is 43.4 Å². The van der Waals surface area contributed by atoms with Crippen LogP contribution < -0.4 is 5.73 Å². The molecule has 106 valence electrons. The first-order valence-electron chi connectivity index (χ1n) is 6.67. The molecule has 0 amide bonds. The minimum atomic E-state index is -0.750. The number of hydrogen-bond donors (Lipinski definition) is 2. The number of aliphatic hydroxyl groups is 1. The Morgan fingerprint density at radius 1 is 1.37 bits per heavy atom. The molecular formula is C15H23NO3. The van der Waals surface area contributed by atoms with Crippen LogP contribution in [0, 0.1) is 0 Å². The molecule has 4 nitrogen and oxygen atoms in total. The highest BCUT2D eigenvalue weighted by Crippen LogP contribution is 2.19. The Labute approximate surface area is 114 Å². The van der Waals surface area contributed by atoms with Gasteiger partial charge in [-0.2, -0.15) is 0 Å². The van der Waals surface area contributed by atoms with Crippen LogP contribution in [0.3, 0.4) is 0 Å². The summed E-state index contributed by atoms with van der Waals surface area (Å²) < 4.78 is 4.55. The third-order valence-electron chi connectivity index (χ3n) is 3.17. The van der Waals surface area contributed by atoms with Crippen molar-refractivity contribution in [2.45, 2.75) is 44.8 Å². The van der Waals surface area contributed by atoms with Crippen LogP contribution in [0.15, 0.2) is 24.3 Å². The molecule has 0 heterocycles. The minimum Gasteiger partial charge on any atom is -0.469 e. The predicted molar refractivity (Wildman–Crippen MR) is 74.6 cm³/mol. The molecule has 2 atom stereocenters. The van der Waals surface area contributed by atoms with E-state index < -0.39 is 12.1 Å². The number of hydrogen-bond acceptors (Lipinski definition) is 4. The van der Waals surface area contributed by atoms with Crippen LogP contribution in [-0.4, -0.2) is 24.2 Å². The van der Waals surface area contributed by atoms with Crippen LogP contribution in [0.25, 0.3) is 0 Å². The molecule has 1 aromatic carbocycles. The summed E-state index contributed by atoms with van der Waals surface area (Å²) in [6.45, 7) is 2.13. The Kier molecular flexibility index (Phi) is 6.53. The van der Waals surface area contributed by atoms with Crippen LogP contribution in [-0.2, 0) is 16.0 Å². The van der Waals surface area contributed by atoms with Gasteiger partial charge in [-0.15, -0.1) is 0 Å². The van der Waals surface area contributed by atoms with Gasteiger partial charge in [0.05, 0.1) is 13.2 Å². The first kappa shape index (κ1) is 15.7. The molecule has 0 aliphatic rings. The van der Waals surface area contributed by atoms with Crippen molar-refractivity contribution in [1.82, 2.24) is 0 Å². The number of carbonyl (C=O) groups excluding carboxylic acids is 1. The number of ether oxygens (including phenoxy) is 1. The van der Waals surface area contributed by atoms with Gasteiger partial charge in [0, 0.05) is 12.5 Å². The lowest BCUT2D eigenvalue weighted by molar-refractivity contribution is -0.140. The van der Waals surface area contributed by atoms with Crippen molar-refractivity contribution in [2.24, 2.45) is 5.73 Å². The molecule has 2 unspecified atom stereocenters. The largest absolute Gasteiger partial charge is 0.469 e. The van der Waals surface area contributed by atoms with Gasteiger partial charge >= 0.3 is 5.97 Å². The number of aryl methyl sites for hydroxylation is 1. The van der Waals surface area contributed by atoms with Crippen molar-refractivity contribution < 1.29 is 14.6 Å². The van der Waals surface area contributed by atoms with Gasteiger partial charge in [-0.1, -0.05) is 37.6 Å². The minimum absolute atomic E-state index is 0.225. The molecule has 0 spiro atoms. The second-order valence-corrected chi connectivity index (χ2v) is 4.72. The molecule has 0 aliphatic carbocycles.